The molecule has 0 saturated carbocycles. The molecule has 0 unspecified atom stereocenters. The number of benzene rings is 1. The summed E-state index contributed by atoms with van der Waals surface area (Å²) in [5, 5.41) is 11.1. The Balaban J connectivity index is 2.66. The van der Waals surface area contributed by atoms with Gasteiger partial charge in [0.15, 0.2) is 0 Å². The van der Waals surface area contributed by atoms with Gasteiger partial charge in [-0.2, -0.15) is 0 Å². The summed E-state index contributed by atoms with van der Waals surface area (Å²) >= 11 is 0. The van der Waals surface area contributed by atoms with E-state index in [-0.39, 0.29) is 12.2 Å². The lowest BCUT2D eigenvalue weighted by Gasteiger charge is -2.05. The van der Waals surface area contributed by atoms with Crippen molar-refractivity contribution < 1.29 is 23.1 Å². The molecule has 0 bridgehead atoms. The van der Waals surface area contributed by atoms with Gasteiger partial charge in [0.05, 0.1) is 5.75 Å². The SMILES string of the molecule is CS(=O)(=O)CCC(=O)Nc1cccc(/C=C/C(=O)O)c1. The Kier molecular flexibility index (Phi) is 5.45. The number of sulfone groups is 1. The number of rotatable bonds is 6. The molecule has 1 amide bonds. The van der Waals surface area contributed by atoms with Crippen molar-refractivity contribution in [2.24, 2.45) is 0 Å². The van der Waals surface area contributed by atoms with Crippen molar-refractivity contribution in [2.45, 2.75) is 6.42 Å². The molecule has 20 heavy (non-hydrogen) atoms. The maximum atomic E-state index is 11.5. The van der Waals surface area contributed by atoms with Gasteiger partial charge in [-0.1, -0.05) is 12.1 Å². The van der Waals surface area contributed by atoms with Crippen LogP contribution in [0.15, 0.2) is 30.3 Å². The van der Waals surface area contributed by atoms with Crippen LogP contribution in [-0.4, -0.2) is 37.4 Å². The van der Waals surface area contributed by atoms with Gasteiger partial charge in [-0.25, -0.2) is 13.2 Å². The summed E-state index contributed by atoms with van der Waals surface area (Å²) in [5.74, 6) is -1.68. The molecule has 0 heterocycles. The van der Waals surface area contributed by atoms with Gasteiger partial charge in [-0.15, -0.1) is 0 Å². The van der Waals surface area contributed by atoms with Crippen molar-refractivity contribution >= 4 is 33.5 Å². The van der Waals surface area contributed by atoms with Gasteiger partial charge >= 0.3 is 5.97 Å². The fourth-order valence-corrected chi connectivity index (χ4v) is 1.95. The minimum absolute atomic E-state index is 0.117. The first-order valence-electron chi connectivity index (χ1n) is 5.75. The monoisotopic (exact) mass is 297 g/mol. The zero-order valence-electron chi connectivity index (χ0n) is 10.9. The highest BCUT2D eigenvalue weighted by molar-refractivity contribution is 7.90. The Morgan fingerprint density at radius 3 is 2.65 bits per heavy atom. The van der Waals surface area contributed by atoms with E-state index in [1.165, 1.54) is 6.08 Å². The lowest BCUT2D eigenvalue weighted by atomic mass is 10.2. The van der Waals surface area contributed by atoms with Crippen molar-refractivity contribution in [3.8, 4) is 0 Å². The van der Waals surface area contributed by atoms with Gasteiger partial charge in [0.1, 0.15) is 9.84 Å². The molecule has 0 atom stereocenters. The maximum absolute atomic E-state index is 11.5. The maximum Gasteiger partial charge on any atom is 0.328 e. The van der Waals surface area contributed by atoms with Gasteiger partial charge in [0.2, 0.25) is 5.91 Å². The third-order valence-corrected chi connectivity index (χ3v) is 3.23. The Morgan fingerprint density at radius 1 is 1.35 bits per heavy atom. The quantitative estimate of drug-likeness (QED) is 0.767. The molecule has 7 heteroatoms. The van der Waals surface area contributed by atoms with Crippen LogP contribution in [0, 0.1) is 0 Å². The average Bonchev–Trinajstić information content (AvgIpc) is 2.34. The van der Waals surface area contributed by atoms with E-state index < -0.39 is 21.7 Å². The number of nitrogens with one attached hydrogen (secondary N) is 1. The highest BCUT2D eigenvalue weighted by Crippen LogP contribution is 2.12. The van der Waals surface area contributed by atoms with Crippen LogP contribution in [0.1, 0.15) is 12.0 Å². The molecular weight excluding hydrogens is 282 g/mol. The van der Waals surface area contributed by atoms with Crippen molar-refractivity contribution in [3.63, 3.8) is 0 Å². The first-order valence-corrected chi connectivity index (χ1v) is 7.81. The second-order valence-corrected chi connectivity index (χ2v) is 6.48. The number of amides is 1. The third kappa shape index (κ3) is 6.69. The minimum atomic E-state index is -3.18. The van der Waals surface area contributed by atoms with E-state index in [2.05, 4.69) is 5.32 Å². The molecule has 0 spiro atoms. The summed E-state index contributed by atoms with van der Waals surface area (Å²) in [6.07, 6.45) is 3.34. The standard InChI is InChI=1S/C13H15NO5S/c1-20(18,19)8-7-12(15)14-11-4-2-3-10(9-11)5-6-13(16)17/h2-6,9H,7-8H2,1H3,(H,14,15)(H,16,17)/b6-5+. The number of hydrogen-bond donors (Lipinski definition) is 2. The number of anilines is 1. The molecule has 0 aliphatic rings. The number of carboxylic acid groups (broad SMARTS) is 1. The molecule has 1 rings (SSSR count). The summed E-state index contributed by atoms with van der Waals surface area (Å²) in [5.41, 5.74) is 1.10. The molecule has 0 aliphatic heterocycles. The summed E-state index contributed by atoms with van der Waals surface area (Å²) < 4.78 is 21.9. The van der Waals surface area contributed by atoms with Crippen molar-refractivity contribution in [1.82, 2.24) is 0 Å². The topological polar surface area (TPSA) is 101 Å². The summed E-state index contributed by atoms with van der Waals surface area (Å²) in [6.45, 7) is 0. The summed E-state index contributed by atoms with van der Waals surface area (Å²) in [6, 6.07) is 6.58. The van der Waals surface area contributed by atoms with E-state index in [9.17, 15) is 18.0 Å². The first kappa shape index (κ1) is 15.9. The highest BCUT2D eigenvalue weighted by atomic mass is 32.2. The summed E-state index contributed by atoms with van der Waals surface area (Å²) in [4.78, 5) is 21.9. The molecule has 0 fully saturated rings. The second kappa shape index (κ2) is 6.85. The van der Waals surface area contributed by atoms with Crippen molar-refractivity contribution in [3.05, 3.63) is 35.9 Å². The summed E-state index contributed by atoms with van der Waals surface area (Å²) in [7, 11) is -3.18. The number of carbonyl (C=O) groups is 2. The Labute approximate surface area is 117 Å². The molecule has 0 saturated heterocycles. The molecule has 2 N–H and O–H groups in total. The van der Waals surface area contributed by atoms with Crippen LogP contribution in [0.4, 0.5) is 5.69 Å². The van der Waals surface area contributed by atoms with Crippen molar-refractivity contribution in [1.29, 1.82) is 0 Å². The van der Waals surface area contributed by atoms with E-state index in [0.717, 1.165) is 12.3 Å². The smallest absolute Gasteiger partial charge is 0.328 e. The fourth-order valence-electron chi connectivity index (χ4n) is 1.39. The average molecular weight is 297 g/mol. The lowest BCUT2D eigenvalue weighted by molar-refractivity contribution is -0.131. The Bertz CT molecular complexity index is 634. The van der Waals surface area contributed by atoms with Gasteiger partial charge in [0.25, 0.3) is 0 Å². The van der Waals surface area contributed by atoms with Gasteiger partial charge in [-0.05, 0) is 23.8 Å². The van der Waals surface area contributed by atoms with E-state index >= 15 is 0 Å². The minimum Gasteiger partial charge on any atom is -0.478 e. The predicted molar refractivity (Wildman–Crippen MR) is 76.1 cm³/mol. The second-order valence-electron chi connectivity index (χ2n) is 4.23. The van der Waals surface area contributed by atoms with E-state index in [0.29, 0.717) is 11.3 Å². The van der Waals surface area contributed by atoms with Crippen LogP contribution in [0.3, 0.4) is 0 Å². The zero-order valence-corrected chi connectivity index (χ0v) is 11.7. The van der Waals surface area contributed by atoms with Crippen LogP contribution in [0.5, 0.6) is 0 Å². The lowest BCUT2D eigenvalue weighted by Crippen LogP contribution is -2.16. The van der Waals surface area contributed by atoms with E-state index in [4.69, 9.17) is 5.11 Å². The molecule has 108 valence electrons. The van der Waals surface area contributed by atoms with Crippen LogP contribution < -0.4 is 5.32 Å². The fraction of sp³-hybridized carbons (Fsp3) is 0.231. The largest absolute Gasteiger partial charge is 0.478 e. The van der Waals surface area contributed by atoms with Crippen molar-refractivity contribution in [2.75, 3.05) is 17.3 Å². The molecular formula is C13H15NO5S. The zero-order chi connectivity index (χ0) is 15.2. The normalized spacial score (nSPS) is 11.4. The first-order chi connectivity index (χ1) is 9.26. The number of aliphatic carboxylic acids is 1. The molecule has 1 aromatic rings. The number of hydrogen-bond acceptors (Lipinski definition) is 4. The van der Waals surface area contributed by atoms with E-state index in [1.807, 2.05) is 0 Å². The number of carbonyl (C=O) groups excluding carboxylic acids is 1. The molecule has 0 aromatic heterocycles. The van der Waals surface area contributed by atoms with Crippen LogP contribution in [0.2, 0.25) is 0 Å². The third-order valence-electron chi connectivity index (χ3n) is 2.29. The van der Waals surface area contributed by atoms with Gasteiger partial charge in [0, 0.05) is 24.4 Å². The molecule has 0 aliphatic carbocycles. The molecule has 0 radical (unpaired) electrons. The van der Waals surface area contributed by atoms with Gasteiger partial charge in [-0.3, -0.25) is 4.79 Å². The number of carboxylic acids is 1. The van der Waals surface area contributed by atoms with Crippen LogP contribution in [-0.2, 0) is 19.4 Å². The molecule has 1 aromatic carbocycles. The Morgan fingerprint density at radius 2 is 2.05 bits per heavy atom. The van der Waals surface area contributed by atoms with Gasteiger partial charge < -0.3 is 10.4 Å². The highest BCUT2D eigenvalue weighted by Gasteiger charge is 2.08. The van der Waals surface area contributed by atoms with E-state index in [1.54, 1.807) is 24.3 Å². The van der Waals surface area contributed by atoms with Crippen LogP contribution in [0.25, 0.3) is 6.08 Å². The van der Waals surface area contributed by atoms with Crippen LogP contribution >= 0.6 is 0 Å². The molecule has 6 nitrogen and oxygen atoms in total. The Hall–Kier alpha value is -2.15. The predicted octanol–water partition coefficient (Wildman–Crippen LogP) is 1.16.